The van der Waals surface area contributed by atoms with Crippen LogP contribution in [-0.4, -0.2) is 46.2 Å². The van der Waals surface area contributed by atoms with Gasteiger partial charge in [-0.15, -0.1) is 0 Å². The third-order valence-corrected chi connectivity index (χ3v) is 3.34. The summed E-state index contributed by atoms with van der Waals surface area (Å²) in [6.45, 7) is 4.41. The lowest BCUT2D eigenvalue weighted by Crippen LogP contribution is -2.23. The molecular formula is C17H26N2O3. The number of benzene rings is 1. The normalized spacial score (nSPS) is 13.0. The highest BCUT2D eigenvalue weighted by atomic mass is 16.4. The Bertz CT molecular complexity index is 489. The fourth-order valence-electron chi connectivity index (χ4n) is 2.10. The summed E-state index contributed by atoms with van der Waals surface area (Å²) in [5, 5.41) is 17.2. The summed E-state index contributed by atoms with van der Waals surface area (Å²) in [5.74, 6) is -0.972. The minimum absolute atomic E-state index is 0.124. The van der Waals surface area contributed by atoms with Crippen LogP contribution in [0.5, 0.6) is 0 Å². The van der Waals surface area contributed by atoms with Crippen molar-refractivity contribution in [2.24, 2.45) is 0 Å². The zero-order valence-corrected chi connectivity index (χ0v) is 13.4. The van der Waals surface area contributed by atoms with Gasteiger partial charge in [0.05, 0.1) is 18.8 Å². The molecule has 0 aromatic heterocycles. The minimum Gasteiger partial charge on any atom is -0.478 e. The number of aromatic carboxylic acids is 1. The fraction of sp³-hybridized carbons (Fsp3) is 0.471. The highest BCUT2D eigenvalue weighted by Gasteiger charge is 2.06. The second-order valence-corrected chi connectivity index (χ2v) is 5.38. The smallest absolute Gasteiger partial charge is 0.335 e. The predicted octanol–water partition coefficient (Wildman–Crippen LogP) is 2.73. The van der Waals surface area contributed by atoms with Crippen molar-refractivity contribution in [3.05, 3.63) is 47.8 Å². The summed E-state index contributed by atoms with van der Waals surface area (Å²) in [4.78, 5) is 14.9. The molecule has 5 heteroatoms. The van der Waals surface area contributed by atoms with E-state index in [1.807, 2.05) is 0 Å². The lowest BCUT2D eigenvalue weighted by Gasteiger charge is -2.17. The van der Waals surface area contributed by atoms with Crippen molar-refractivity contribution < 1.29 is 15.0 Å². The molecule has 122 valence electrons. The van der Waals surface area contributed by atoms with E-state index in [0.29, 0.717) is 5.56 Å². The van der Waals surface area contributed by atoms with E-state index in [4.69, 9.17) is 10.2 Å². The van der Waals surface area contributed by atoms with Gasteiger partial charge in [-0.3, -0.25) is 0 Å². The largest absolute Gasteiger partial charge is 0.478 e. The van der Waals surface area contributed by atoms with E-state index in [1.165, 1.54) is 37.9 Å². The molecule has 0 amide bonds. The number of hydrogen-bond donors (Lipinski definition) is 2. The first-order chi connectivity index (χ1) is 10.6. The predicted molar refractivity (Wildman–Crippen MR) is 87.3 cm³/mol. The van der Waals surface area contributed by atoms with E-state index >= 15 is 0 Å². The molecule has 1 aliphatic rings. The van der Waals surface area contributed by atoms with Crippen LogP contribution in [0.1, 0.15) is 42.1 Å². The molecular weight excluding hydrogens is 280 g/mol. The summed E-state index contributed by atoms with van der Waals surface area (Å²) in [6, 6.07) is 6.21. The molecule has 1 heterocycles. The van der Waals surface area contributed by atoms with Gasteiger partial charge in [-0.2, -0.15) is 0 Å². The van der Waals surface area contributed by atoms with Gasteiger partial charge in [0.2, 0.25) is 0 Å². The Morgan fingerprint density at radius 2 is 2.05 bits per heavy atom. The Kier molecular flexibility index (Phi) is 8.07. The maximum absolute atomic E-state index is 10.4. The highest BCUT2D eigenvalue weighted by Crippen LogP contribution is 2.06. The van der Waals surface area contributed by atoms with Crippen molar-refractivity contribution in [1.82, 2.24) is 9.80 Å². The van der Waals surface area contributed by atoms with Crippen molar-refractivity contribution in [2.75, 3.05) is 20.3 Å². The zero-order chi connectivity index (χ0) is 16.4. The Morgan fingerprint density at radius 1 is 1.27 bits per heavy atom. The van der Waals surface area contributed by atoms with E-state index < -0.39 is 5.97 Å². The Hall–Kier alpha value is -2.01. The van der Waals surface area contributed by atoms with Crippen LogP contribution in [0.2, 0.25) is 0 Å². The quantitative estimate of drug-likeness (QED) is 0.791. The van der Waals surface area contributed by atoms with Crippen LogP contribution in [0.25, 0.3) is 0 Å². The average Bonchev–Trinajstić information content (AvgIpc) is 2.94. The zero-order valence-electron chi connectivity index (χ0n) is 13.4. The molecule has 0 radical (unpaired) electrons. The number of hydrogen-bond acceptors (Lipinski definition) is 4. The van der Waals surface area contributed by atoms with Crippen LogP contribution in [0.15, 0.2) is 36.7 Å². The highest BCUT2D eigenvalue weighted by molar-refractivity contribution is 5.87. The van der Waals surface area contributed by atoms with E-state index in [1.54, 1.807) is 12.1 Å². The molecule has 0 atom stereocenters. The van der Waals surface area contributed by atoms with Crippen LogP contribution in [0.4, 0.5) is 0 Å². The fourth-order valence-corrected chi connectivity index (χ4v) is 2.10. The first kappa shape index (κ1) is 18.0. The molecule has 1 aliphatic heterocycles. The average molecular weight is 306 g/mol. The maximum atomic E-state index is 10.4. The summed E-state index contributed by atoms with van der Waals surface area (Å²) in [7, 11) is 2.11. The number of carboxylic acid groups (broad SMARTS) is 1. The Morgan fingerprint density at radius 3 is 2.59 bits per heavy atom. The first-order valence-corrected chi connectivity index (χ1v) is 7.62. The van der Waals surface area contributed by atoms with Gasteiger partial charge in [-0.1, -0.05) is 31.9 Å². The number of rotatable bonds is 6. The summed E-state index contributed by atoms with van der Waals surface area (Å²) < 4.78 is 0. The summed E-state index contributed by atoms with van der Waals surface area (Å²) in [6.07, 6.45) is 8.30. The molecule has 0 aliphatic carbocycles. The Balaban J connectivity index is 0.000000220. The number of aliphatic hydroxyl groups excluding tert-OH is 1. The van der Waals surface area contributed by atoms with Gasteiger partial charge in [0.15, 0.2) is 0 Å². The third-order valence-electron chi connectivity index (χ3n) is 3.34. The second-order valence-electron chi connectivity index (χ2n) is 5.38. The Labute approximate surface area is 132 Å². The third kappa shape index (κ3) is 6.63. The molecule has 2 rings (SSSR count). The molecule has 0 spiro atoms. The number of carbonyl (C=O) groups is 1. The maximum Gasteiger partial charge on any atom is 0.335 e. The van der Waals surface area contributed by atoms with Crippen molar-refractivity contribution >= 4 is 5.97 Å². The van der Waals surface area contributed by atoms with Crippen LogP contribution in [-0.2, 0) is 6.61 Å². The number of carboxylic acids is 1. The van der Waals surface area contributed by atoms with Gasteiger partial charge in [-0.25, -0.2) is 4.79 Å². The monoisotopic (exact) mass is 306 g/mol. The van der Waals surface area contributed by atoms with Crippen LogP contribution in [0, 0.1) is 0 Å². The van der Waals surface area contributed by atoms with Gasteiger partial charge in [0.25, 0.3) is 0 Å². The molecule has 2 N–H and O–H groups in total. The van der Waals surface area contributed by atoms with Gasteiger partial charge in [0, 0.05) is 26.0 Å². The second kappa shape index (κ2) is 9.84. The van der Waals surface area contributed by atoms with Crippen molar-refractivity contribution in [1.29, 1.82) is 0 Å². The van der Waals surface area contributed by atoms with Crippen molar-refractivity contribution in [3.63, 3.8) is 0 Å². The molecule has 1 aromatic rings. The van der Waals surface area contributed by atoms with Crippen LogP contribution < -0.4 is 0 Å². The summed E-state index contributed by atoms with van der Waals surface area (Å²) >= 11 is 0. The number of unbranched alkanes of at least 4 members (excludes halogenated alkanes) is 2. The molecule has 0 bridgehead atoms. The minimum atomic E-state index is -0.972. The van der Waals surface area contributed by atoms with Gasteiger partial charge >= 0.3 is 5.97 Å². The molecule has 22 heavy (non-hydrogen) atoms. The van der Waals surface area contributed by atoms with Crippen molar-refractivity contribution in [3.8, 4) is 0 Å². The van der Waals surface area contributed by atoms with Crippen molar-refractivity contribution in [2.45, 2.75) is 32.8 Å². The van der Waals surface area contributed by atoms with Crippen LogP contribution in [0.3, 0.4) is 0 Å². The lowest BCUT2D eigenvalue weighted by atomic mass is 10.1. The molecule has 0 saturated heterocycles. The van der Waals surface area contributed by atoms with E-state index in [2.05, 4.69) is 36.2 Å². The van der Waals surface area contributed by atoms with E-state index in [-0.39, 0.29) is 12.2 Å². The first-order valence-electron chi connectivity index (χ1n) is 7.62. The standard InChI is InChI=1S/C9H18N2.C8H8O3/c1-3-4-5-6-11-8-7-10(2)9-11;9-5-6-2-1-3-7(4-6)8(10)11/h7-8H,3-6,9H2,1-2H3;1-4,9H,5H2,(H,10,11). The van der Waals surface area contributed by atoms with E-state index in [0.717, 1.165) is 6.67 Å². The van der Waals surface area contributed by atoms with Gasteiger partial charge in [-0.05, 0) is 24.1 Å². The van der Waals surface area contributed by atoms with Gasteiger partial charge in [0.1, 0.15) is 0 Å². The number of nitrogens with zero attached hydrogens (tertiary/aromatic N) is 2. The van der Waals surface area contributed by atoms with Crippen LogP contribution >= 0.6 is 0 Å². The van der Waals surface area contributed by atoms with E-state index in [9.17, 15) is 4.79 Å². The molecule has 1 aromatic carbocycles. The molecule has 0 unspecified atom stereocenters. The molecule has 0 fully saturated rings. The van der Waals surface area contributed by atoms with Gasteiger partial charge < -0.3 is 20.0 Å². The lowest BCUT2D eigenvalue weighted by molar-refractivity contribution is 0.0696. The summed E-state index contributed by atoms with van der Waals surface area (Å²) in [5.41, 5.74) is 0.821. The topological polar surface area (TPSA) is 64.0 Å². The molecule has 0 saturated carbocycles. The molecule has 5 nitrogen and oxygen atoms in total. The number of aliphatic hydroxyl groups is 1. The SMILES string of the molecule is CCCCCN1C=CN(C)C1.O=C(O)c1cccc(CO)c1.